The molecule has 0 aliphatic heterocycles. The van der Waals surface area contributed by atoms with E-state index in [0.29, 0.717) is 0 Å². The van der Waals surface area contributed by atoms with Crippen molar-refractivity contribution in [3.05, 3.63) is 35.6 Å². The zero-order valence-corrected chi connectivity index (χ0v) is 11.8. The third-order valence-electron chi connectivity index (χ3n) is 3.64. The maximum atomic E-state index is 13.3. The van der Waals surface area contributed by atoms with Crippen molar-refractivity contribution >= 4 is 11.8 Å². The summed E-state index contributed by atoms with van der Waals surface area (Å²) < 4.78 is 13.3. The van der Waals surface area contributed by atoms with Crippen molar-refractivity contribution in [1.29, 1.82) is 0 Å². The first-order chi connectivity index (χ1) is 8.66. The number of hydrogen-bond acceptors (Lipinski definition) is 2. The molecular weight excluding hydrogens is 245 g/mol. The Labute approximate surface area is 113 Å². The highest BCUT2D eigenvalue weighted by Crippen LogP contribution is 2.36. The second-order valence-electron chi connectivity index (χ2n) is 5.32. The number of thioether (sulfide) groups is 1. The zero-order chi connectivity index (χ0) is 13.0. The van der Waals surface area contributed by atoms with Gasteiger partial charge in [-0.1, -0.05) is 25.0 Å². The summed E-state index contributed by atoms with van der Waals surface area (Å²) >= 11 is 1.90. The van der Waals surface area contributed by atoms with Gasteiger partial charge in [-0.15, -0.1) is 0 Å². The maximum Gasteiger partial charge on any atom is 0.123 e. The topological polar surface area (TPSA) is 26.0 Å². The molecule has 2 N–H and O–H groups in total. The second kappa shape index (κ2) is 6.58. The largest absolute Gasteiger partial charge is 0.327 e. The van der Waals surface area contributed by atoms with E-state index in [9.17, 15) is 4.39 Å². The van der Waals surface area contributed by atoms with Gasteiger partial charge in [0.25, 0.3) is 0 Å². The molecule has 0 saturated heterocycles. The van der Waals surface area contributed by atoms with Crippen molar-refractivity contribution in [2.45, 2.75) is 43.9 Å². The molecular formula is C15H22FNS. The SMILES string of the molecule is CC(N)C(SCC1CCCC1)c1cccc(F)c1. The fraction of sp³-hybridized carbons (Fsp3) is 0.600. The van der Waals surface area contributed by atoms with Crippen LogP contribution in [0.15, 0.2) is 24.3 Å². The Balaban J connectivity index is 1.99. The summed E-state index contributed by atoms with van der Waals surface area (Å²) in [5, 5.41) is 0.210. The van der Waals surface area contributed by atoms with Gasteiger partial charge in [0, 0.05) is 11.3 Å². The average Bonchev–Trinajstić information content (AvgIpc) is 2.82. The van der Waals surface area contributed by atoms with Crippen LogP contribution >= 0.6 is 11.8 Å². The van der Waals surface area contributed by atoms with Gasteiger partial charge in [-0.25, -0.2) is 4.39 Å². The quantitative estimate of drug-likeness (QED) is 0.867. The van der Waals surface area contributed by atoms with Crippen molar-refractivity contribution in [3.8, 4) is 0 Å². The highest BCUT2D eigenvalue weighted by Gasteiger charge is 2.21. The fourth-order valence-electron chi connectivity index (χ4n) is 2.65. The maximum absolute atomic E-state index is 13.3. The van der Waals surface area contributed by atoms with E-state index in [1.807, 2.05) is 24.8 Å². The third kappa shape index (κ3) is 3.72. The van der Waals surface area contributed by atoms with Gasteiger partial charge >= 0.3 is 0 Å². The van der Waals surface area contributed by atoms with E-state index in [0.717, 1.165) is 17.2 Å². The second-order valence-corrected chi connectivity index (χ2v) is 6.49. The molecule has 1 aromatic rings. The molecule has 18 heavy (non-hydrogen) atoms. The standard InChI is InChI=1S/C15H22FNS/c1-11(17)15(13-7-4-8-14(16)9-13)18-10-12-5-2-3-6-12/h4,7-9,11-12,15H,2-3,5-6,10,17H2,1H3. The Morgan fingerprint density at radius 1 is 1.39 bits per heavy atom. The minimum absolute atomic E-state index is 0.0539. The van der Waals surface area contributed by atoms with Crippen LogP contribution < -0.4 is 5.73 Å². The number of benzene rings is 1. The van der Waals surface area contributed by atoms with Gasteiger partial charge in [0.05, 0.1) is 0 Å². The number of nitrogens with two attached hydrogens (primary N) is 1. The summed E-state index contributed by atoms with van der Waals surface area (Å²) in [6.45, 7) is 2.01. The van der Waals surface area contributed by atoms with Crippen molar-refractivity contribution in [2.75, 3.05) is 5.75 Å². The van der Waals surface area contributed by atoms with Gasteiger partial charge in [-0.2, -0.15) is 11.8 Å². The van der Waals surface area contributed by atoms with E-state index >= 15 is 0 Å². The molecule has 2 atom stereocenters. The van der Waals surface area contributed by atoms with Gasteiger partial charge in [0.2, 0.25) is 0 Å². The van der Waals surface area contributed by atoms with Crippen molar-refractivity contribution < 1.29 is 4.39 Å². The van der Waals surface area contributed by atoms with Crippen LogP contribution in [0, 0.1) is 11.7 Å². The molecule has 2 rings (SSSR count). The average molecular weight is 267 g/mol. The summed E-state index contributed by atoms with van der Waals surface area (Å²) in [5.74, 6) is 1.83. The van der Waals surface area contributed by atoms with Crippen LogP contribution in [0.1, 0.15) is 43.4 Å². The van der Waals surface area contributed by atoms with E-state index < -0.39 is 0 Å². The van der Waals surface area contributed by atoms with Gasteiger partial charge in [-0.05, 0) is 49.1 Å². The first kappa shape index (κ1) is 13.9. The molecule has 1 aliphatic carbocycles. The molecule has 1 saturated carbocycles. The highest BCUT2D eigenvalue weighted by atomic mass is 32.2. The third-order valence-corrected chi connectivity index (χ3v) is 5.37. The zero-order valence-electron chi connectivity index (χ0n) is 10.9. The Hall–Kier alpha value is -0.540. The molecule has 1 nitrogen and oxygen atoms in total. The molecule has 0 aromatic heterocycles. The monoisotopic (exact) mass is 267 g/mol. The van der Waals surface area contributed by atoms with Gasteiger partial charge < -0.3 is 5.73 Å². The smallest absolute Gasteiger partial charge is 0.123 e. The van der Waals surface area contributed by atoms with Crippen molar-refractivity contribution in [3.63, 3.8) is 0 Å². The lowest BCUT2D eigenvalue weighted by molar-refractivity contribution is 0.614. The molecule has 0 bridgehead atoms. The molecule has 100 valence electrons. The molecule has 0 heterocycles. The van der Waals surface area contributed by atoms with Crippen LogP contribution in [0.2, 0.25) is 0 Å². The van der Waals surface area contributed by atoms with E-state index in [-0.39, 0.29) is 17.1 Å². The number of halogens is 1. The van der Waals surface area contributed by atoms with E-state index in [2.05, 4.69) is 0 Å². The normalized spacial score (nSPS) is 19.9. The van der Waals surface area contributed by atoms with Gasteiger partial charge in [-0.3, -0.25) is 0 Å². The van der Waals surface area contributed by atoms with Crippen molar-refractivity contribution in [1.82, 2.24) is 0 Å². The molecule has 0 radical (unpaired) electrons. The Kier molecular flexibility index (Phi) is 5.07. The first-order valence-electron chi connectivity index (χ1n) is 6.79. The van der Waals surface area contributed by atoms with Crippen LogP contribution in [0.5, 0.6) is 0 Å². The van der Waals surface area contributed by atoms with Crippen LogP contribution in [-0.2, 0) is 0 Å². The van der Waals surface area contributed by atoms with Crippen LogP contribution in [-0.4, -0.2) is 11.8 Å². The van der Waals surface area contributed by atoms with E-state index in [4.69, 9.17) is 5.73 Å². The summed E-state index contributed by atoms with van der Waals surface area (Å²) in [4.78, 5) is 0. The van der Waals surface area contributed by atoms with Crippen LogP contribution in [0.3, 0.4) is 0 Å². The van der Waals surface area contributed by atoms with Crippen molar-refractivity contribution in [2.24, 2.45) is 11.7 Å². The Morgan fingerprint density at radius 3 is 2.72 bits per heavy atom. The van der Waals surface area contributed by atoms with E-state index in [1.54, 1.807) is 12.1 Å². The molecule has 2 unspecified atom stereocenters. The molecule has 1 aromatic carbocycles. The molecule has 1 fully saturated rings. The molecule has 3 heteroatoms. The summed E-state index contributed by atoms with van der Waals surface area (Å²) in [5.41, 5.74) is 7.08. The molecule has 0 amide bonds. The Morgan fingerprint density at radius 2 is 2.11 bits per heavy atom. The van der Waals surface area contributed by atoms with Gasteiger partial charge in [0.1, 0.15) is 5.82 Å². The minimum atomic E-state index is -0.167. The number of rotatable bonds is 5. The fourth-order valence-corrected chi connectivity index (χ4v) is 4.11. The lowest BCUT2D eigenvalue weighted by Gasteiger charge is -2.22. The predicted molar refractivity (Wildman–Crippen MR) is 77.2 cm³/mol. The highest BCUT2D eigenvalue weighted by molar-refractivity contribution is 7.99. The summed E-state index contributed by atoms with van der Waals surface area (Å²) in [6.07, 6.45) is 5.44. The minimum Gasteiger partial charge on any atom is -0.327 e. The first-order valence-corrected chi connectivity index (χ1v) is 7.84. The lowest BCUT2D eigenvalue weighted by atomic mass is 10.1. The van der Waals surface area contributed by atoms with Gasteiger partial charge in [0.15, 0.2) is 0 Å². The Bertz CT molecular complexity index is 375. The van der Waals surface area contributed by atoms with Crippen LogP contribution in [0.4, 0.5) is 4.39 Å². The summed E-state index contributed by atoms with van der Waals surface area (Å²) in [6, 6.07) is 6.92. The van der Waals surface area contributed by atoms with Crippen LogP contribution in [0.25, 0.3) is 0 Å². The molecule has 0 spiro atoms. The predicted octanol–water partition coefficient (Wildman–Crippen LogP) is 4.14. The molecule has 1 aliphatic rings. The summed E-state index contributed by atoms with van der Waals surface area (Å²) in [7, 11) is 0. The lowest BCUT2D eigenvalue weighted by Crippen LogP contribution is -2.23. The van der Waals surface area contributed by atoms with E-state index in [1.165, 1.54) is 31.7 Å². The number of hydrogen-bond donors (Lipinski definition) is 1.